The summed E-state index contributed by atoms with van der Waals surface area (Å²) in [6, 6.07) is -3.88. The van der Waals surface area contributed by atoms with Crippen LogP contribution in [0.2, 0.25) is 0 Å². The molecule has 1 unspecified atom stereocenters. The van der Waals surface area contributed by atoms with Crippen LogP contribution < -0.4 is 27.4 Å². The lowest BCUT2D eigenvalue weighted by Crippen LogP contribution is -2.72. The van der Waals surface area contributed by atoms with Crippen LogP contribution in [0.1, 0.15) is 120 Å². The second-order valence-electron chi connectivity index (χ2n) is 26.0. The first-order valence-electron chi connectivity index (χ1n) is 32.0. The molecule has 22 atom stereocenters. The smallest absolute Gasteiger partial charge is 0.474 e. The Morgan fingerprint density at radius 3 is 1.82 bits per heavy atom. The first-order valence-corrected chi connectivity index (χ1v) is 33.5. The largest absolute Gasteiger partial charge is 0.510 e. The minimum Gasteiger partial charge on any atom is -0.510 e. The van der Waals surface area contributed by atoms with Crippen molar-refractivity contribution in [3.8, 4) is 0 Å². The number of nitrogens with two attached hydrogens (primary N) is 2. The number of carbonyl (C=O) groups excluding carboxylic acids is 6. The number of carboxylic acid groups (broad SMARTS) is 1. The molecule has 99 heavy (non-hydrogen) atoms. The molecule has 4 heterocycles. The van der Waals surface area contributed by atoms with Crippen molar-refractivity contribution in [1.29, 1.82) is 0 Å². The lowest BCUT2D eigenvalue weighted by molar-refractivity contribution is -0.372. The van der Waals surface area contributed by atoms with Crippen molar-refractivity contribution in [2.45, 2.75) is 248 Å². The second-order valence-corrected chi connectivity index (χ2v) is 27.4. The number of rotatable bonds is 35. The van der Waals surface area contributed by atoms with Crippen LogP contribution >= 0.6 is 7.82 Å². The van der Waals surface area contributed by atoms with Crippen molar-refractivity contribution in [1.82, 2.24) is 16.0 Å². The molecule has 560 valence electrons. The average molecular weight is 1440 g/mol. The highest BCUT2D eigenvalue weighted by molar-refractivity contribution is 7.47. The highest BCUT2D eigenvalue weighted by atomic mass is 31.2. The third-order valence-corrected chi connectivity index (χ3v) is 17.8. The van der Waals surface area contributed by atoms with Gasteiger partial charge in [0.15, 0.2) is 61.5 Å². The number of phosphoric acid groups is 1. The molecule has 4 aliphatic heterocycles. The molecule has 0 spiro atoms. The lowest BCUT2D eigenvalue weighted by atomic mass is 9.85. The molecular weight excluding hydrogens is 1340 g/mol. The third kappa shape index (κ3) is 23.8. The van der Waals surface area contributed by atoms with Gasteiger partial charge in [0.1, 0.15) is 84.1 Å². The van der Waals surface area contributed by atoms with Gasteiger partial charge in [0.05, 0.1) is 26.4 Å². The Balaban J connectivity index is 1.31. The monoisotopic (exact) mass is 1440 g/mol. The molecular formula is C63H98N5O30P. The first-order chi connectivity index (χ1) is 46.2. The molecule has 0 bridgehead atoms. The Labute approximate surface area is 571 Å². The number of hydrogen-bond donors (Lipinski definition) is 16. The van der Waals surface area contributed by atoms with Crippen molar-refractivity contribution in [2.24, 2.45) is 16.9 Å². The fourth-order valence-electron chi connectivity index (χ4n) is 11.3. The summed E-state index contributed by atoms with van der Waals surface area (Å²) < 4.78 is 75.8. The molecule has 0 aromatic rings. The number of carbonyl (C=O) groups is 7. The van der Waals surface area contributed by atoms with Crippen molar-refractivity contribution in [3.05, 3.63) is 70.7 Å². The standard InChI is InChI=1S/C63H98N5O30P/c1-29(2)14-13-16-30(3)17-18-32(5)21-24-62(8,9)23-12-11-15-31(4)22-25-88-39(56(82)83)28-89-99(86,87)98-60-51(52(97-61(65)84)63(10,85)53(96-60)54(64)80)95-58-42(67-34(7)72)43(75)48(37(26-69)91-58)92-57-41(66-33(6)71)44(76)49(38(27-70)90-57)93-59-47(79)45(77)46(78)50(94-59)55(81)68-40-35(73)19-20-36(40)74/h12,14,17,22-23,37-39,41-53,57-60,69-70,73,75-79,85H,5,11,13,15-16,18-21,24-28H2,1-4,6-10H3,(H2,64,80)(H2,65,84)(H,66,71)(H,67,72)(H,68,81)(H,82,83)(H,86,87)/b23-12+,30-17+,31-22-/t37-,38-,39-,41-,42-,43-,44-,45+,46-,47-,48-,49-,50-,51+,52+,53-,57+,58+,59-,60-,63+/m1/s1. The summed E-state index contributed by atoms with van der Waals surface area (Å²) >= 11 is 0. The zero-order valence-electron chi connectivity index (χ0n) is 56.6. The Morgan fingerprint density at radius 2 is 1.30 bits per heavy atom. The van der Waals surface area contributed by atoms with Gasteiger partial charge in [-0.1, -0.05) is 73.1 Å². The van der Waals surface area contributed by atoms with Gasteiger partial charge in [0.2, 0.25) is 17.7 Å². The summed E-state index contributed by atoms with van der Waals surface area (Å²) in [6.45, 7) is 15.5. The molecule has 0 saturated carbocycles. The van der Waals surface area contributed by atoms with Gasteiger partial charge in [0, 0.05) is 26.7 Å². The minimum atomic E-state index is -5.75. The van der Waals surface area contributed by atoms with Crippen molar-refractivity contribution < 1.29 is 146 Å². The van der Waals surface area contributed by atoms with Gasteiger partial charge < -0.3 is 126 Å². The van der Waals surface area contributed by atoms with Crippen LogP contribution in [0.25, 0.3) is 0 Å². The van der Waals surface area contributed by atoms with Gasteiger partial charge in [-0.05, 0) is 85.0 Å². The highest BCUT2D eigenvalue weighted by Gasteiger charge is 2.62. The third-order valence-electron chi connectivity index (χ3n) is 16.9. The zero-order valence-corrected chi connectivity index (χ0v) is 57.5. The fourth-order valence-corrected chi connectivity index (χ4v) is 12.1. The van der Waals surface area contributed by atoms with Crippen molar-refractivity contribution >= 4 is 49.3 Å². The van der Waals surface area contributed by atoms with Crippen LogP contribution in [0, 0.1) is 5.41 Å². The number of hydrogen-bond acceptors (Lipinski definition) is 28. The Bertz CT molecular complexity index is 3040. The molecule has 5 amide bonds. The summed E-state index contributed by atoms with van der Waals surface area (Å²) in [6.07, 6.45) is -25.1. The predicted molar refractivity (Wildman–Crippen MR) is 341 cm³/mol. The molecule has 1 aliphatic carbocycles. The molecule has 0 aromatic carbocycles. The number of nitrogens with one attached hydrogen (secondary N) is 3. The van der Waals surface area contributed by atoms with Crippen molar-refractivity contribution in [3.63, 3.8) is 0 Å². The minimum absolute atomic E-state index is 0.119. The molecule has 35 nitrogen and oxygen atoms in total. The number of phosphoric ester groups is 1. The normalized spacial score (nSPS) is 33.3. The Hall–Kier alpha value is -6.00. The van der Waals surface area contributed by atoms with Crippen LogP contribution in [0.15, 0.2) is 70.7 Å². The van der Waals surface area contributed by atoms with E-state index in [1.54, 1.807) is 13.0 Å². The molecule has 0 aromatic heterocycles. The topological polar surface area (TPSA) is 549 Å². The Morgan fingerprint density at radius 1 is 0.747 bits per heavy atom. The van der Waals surface area contributed by atoms with E-state index in [2.05, 4.69) is 81.5 Å². The zero-order chi connectivity index (χ0) is 74.2. The number of aliphatic hydroxyl groups is 9. The fraction of sp³-hybridized carbons (Fsp3) is 0.698. The van der Waals surface area contributed by atoms with Gasteiger partial charge in [-0.25, -0.2) is 14.2 Å². The number of carboxylic acids is 1. The van der Waals surface area contributed by atoms with E-state index in [1.165, 1.54) is 11.1 Å². The summed E-state index contributed by atoms with van der Waals surface area (Å²) in [5.74, 6) is -7.52. The van der Waals surface area contributed by atoms with Gasteiger partial charge in [0.25, 0.3) is 5.91 Å². The van der Waals surface area contributed by atoms with E-state index < -0.39 is 209 Å². The second kappa shape index (κ2) is 37.3. The van der Waals surface area contributed by atoms with Crippen LogP contribution in [0.3, 0.4) is 0 Å². The number of allylic oxidation sites excluding steroid dienone is 10. The maximum Gasteiger partial charge on any atom is 0.474 e. The van der Waals surface area contributed by atoms with Crippen LogP contribution in [0.4, 0.5) is 4.79 Å². The number of ketones is 1. The maximum absolute atomic E-state index is 13.9. The lowest BCUT2D eigenvalue weighted by Gasteiger charge is -2.51. The predicted octanol–water partition coefficient (Wildman–Crippen LogP) is -0.880. The van der Waals surface area contributed by atoms with Crippen molar-refractivity contribution in [2.75, 3.05) is 26.4 Å². The van der Waals surface area contributed by atoms with E-state index in [1.807, 2.05) is 0 Å². The first kappa shape index (κ1) is 83.7. The SMILES string of the molecule is C=C(C/C=C(\C)CCC=C(C)C)CCC(C)(C)/C=C/CC/C(C)=C\CO[C@H](COP(=O)(O)O[C@H]1O[C@H](C(N)=O)[C@@](C)(O)[C@@H](OC(N)=O)[C@@H]1O[C@@H]1O[C@H](CO)[C@@H](O[C@@H]2O[C@H](CO)[C@@H](O[C@@H]3O[C@@H](C(=O)NC4=C(O)CCC4=O)[C@H](O)[C@H](O)[C@H]3O)[C@H](O)[C@H]2NC(C)=O)[C@H](O)[C@H]1NC(C)=O)C(=O)O. The number of Topliss-reactive ketones (excluding diaryl/α,β-unsaturated/α-hetero) is 1. The van der Waals surface area contributed by atoms with Crippen LogP contribution in [0.5, 0.6) is 0 Å². The number of amides is 5. The van der Waals surface area contributed by atoms with Gasteiger partial charge in [-0.2, -0.15) is 0 Å². The molecule has 5 aliphatic rings. The van der Waals surface area contributed by atoms with E-state index in [4.69, 9.17) is 63.1 Å². The number of primary amides is 2. The van der Waals surface area contributed by atoms with E-state index in [9.17, 15) is 94.1 Å². The quantitative estimate of drug-likeness (QED) is 0.0271. The van der Waals surface area contributed by atoms with E-state index >= 15 is 0 Å². The number of aliphatic carboxylic acids is 1. The summed E-state index contributed by atoms with van der Waals surface area (Å²) in [4.78, 5) is 100. The molecule has 4 fully saturated rings. The van der Waals surface area contributed by atoms with Crippen LogP contribution in [-0.4, -0.2) is 252 Å². The van der Waals surface area contributed by atoms with Gasteiger partial charge >= 0.3 is 19.9 Å². The molecule has 5 rings (SSSR count). The molecule has 4 saturated heterocycles. The van der Waals surface area contributed by atoms with E-state index in [0.29, 0.717) is 12.8 Å². The van der Waals surface area contributed by atoms with Gasteiger partial charge in [-0.15, -0.1) is 0 Å². The highest BCUT2D eigenvalue weighted by Crippen LogP contribution is 2.49. The van der Waals surface area contributed by atoms with Gasteiger partial charge in [-0.3, -0.25) is 33.0 Å². The number of aliphatic hydroxyl groups excluding tert-OH is 8. The maximum atomic E-state index is 13.9. The molecule has 36 heteroatoms. The summed E-state index contributed by atoms with van der Waals surface area (Å²) in [5.41, 5.74) is 12.0. The Kier molecular flexibility index (Phi) is 31.5. The van der Waals surface area contributed by atoms with Crippen LogP contribution in [-0.2, 0) is 85.0 Å². The molecule has 0 radical (unpaired) electrons. The van der Waals surface area contributed by atoms with E-state index in [-0.39, 0.29) is 24.9 Å². The summed E-state index contributed by atoms with van der Waals surface area (Å²) in [5, 5.41) is 117. The molecule has 18 N–H and O–H groups in total. The summed E-state index contributed by atoms with van der Waals surface area (Å²) in [7, 11) is -5.75. The van der Waals surface area contributed by atoms with E-state index in [0.717, 1.165) is 64.0 Å². The number of ether oxygens (including phenoxy) is 9. The average Bonchev–Trinajstić information content (AvgIpc) is 1.26.